The Kier molecular flexibility index (Phi) is 5.65. The molecule has 4 nitrogen and oxygen atoms in total. The number of hydrogen-bond donors (Lipinski definition) is 2. The van der Waals surface area contributed by atoms with Crippen LogP contribution in [0, 0.1) is 17.3 Å². The fraction of sp³-hybridized carbons (Fsp3) is 0.882. The molecule has 1 amide bonds. The van der Waals surface area contributed by atoms with E-state index in [9.17, 15) is 9.59 Å². The minimum atomic E-state index is -0.769. The third-order valence-electron chi connectivity index (χ3n) is 5.37. The Morgan fingerprint density at radius 2 is 1.86 bits per heavy atom. The van der Waals surface area contributed by atoms with Crippen LogP contribution in [0.4, 0.5) is 0 Å². The Morgan fingerprint density at radius 1 is 1.14 bits per heavy atom. The van der Waals surface area contributed by atoms with Gasteiger partial charge < -0.3 is 10.4 Å². The first-order valence-electron chi connectivity index (χ1n) is 8.48. The summed E-state index contributed by atoms with van der Waals surface area (Å²) in [6.45, 7) is 3.04. The summed E-state index contributed by atoms with van der Waals surface area (Å²) in [5, 5.41) is 12.2. The number of amides is 1. The SMILES string of the molecule is CC1CCC(CNC(=O)CC2(CC(=O)O)CCCCC2)C1. The topological polar surface area (TPSA) is 66.4 Å². The van der Waals surface area contributed by atoms with Crippen LogP contribution < -0.4 is 5.32 Å². The molecule has 0 aromatic rings. The Bertz CT molecular complexity index is 374. The first-order valence-corrected chi connectivity index (χ1v) is 8.48. The molecule has 0 bridgehead atoms. The molecule has 2 N–H and O–H groups in total. The monoisotopic (exact) mass is 295 g/mol. The van der Waals surface area contributed by atoms with Crippen LogP contribution in [0.2, 0.25) is 0 Å². The van der Waals surface area contributed by atoms with Gasteiger partial charge in [0.25, 0.3) is 0 Å². The van der Waals surface area contributed by atoms with Crippen LogP contribution in [-0.2, 0) is 9.59 Å². The lowest BCUT2D eigenvalue weighted by Crippen LogP contribution is -2.36. The minimum absolute atomic E-state index is 0.0534. The third-order valence-corrected chi connectivity index (χ3v) is 5.37. The summed E-state index contributed by atoms with van der Waals surface area (Å²) in [5.41, 5.74) is -0.295. The van der Waals surface area contributed by atoms with E-state index in [-0.39, 0.29) is 17.7 Å². The van der Waals surface area contributed by atoms with Crippen LogP contribution in [0.15, 0.2) is 0 Å². The average Bonchev–Trinajstić information content (AvgIpc) is 2.82. The maximum atomic E-state index is 12.2. The molecule has 2 fully saturated rings. The lowest BCUT2D eigenvalue weighted by Gasteiger charge is -2.35. The summed E-state index contributed by atoms with van der Waals surface area (Å²) in [5.74, 6) is 0.682. The molecule has 2 unspecified atom stereocenters. The molecule has 21 heavy (non-hydrogen) atoms. The number of carbonyl (C=O) groups is 2. The van der Waals surface area contributed by atoms with Crippen molar-refractivity contribution in [3.05, 3.63) is 0 Å². The third kappa shape index (κ3) is 5.01. The molecule has 4 heteroatoms. The molecular formula is C17H29NO3. The summed E-state index contributed by atoms with van der Waals surface area (Å²) >= 11 is 0. The van der Waals surface area contributed by atoms with E-state index in [4.69, 9.17) is 5.11 Å². The predicted molar refractivity (Wildman–Crippen MR) is 81.9 cm³/mol. The van der Waals surface area contributed by atoms with Crippen LogP contribution in [0.1, 0.15) is 71.1 Å². The van der Waals surface area contributed by atoms with Gasteiger partial charge in [0.15, 0.2) is 0 Å². The lowest BCUT2D eigenvalue weighted by molar-refractivity contribution is -0.141. The summed E-state index contributed by atoms with van der Waals surface area (Å²) in [7, 11) is 0. The van der Waals surface area contributed by atoms with E-state index < -0.39 is 5.97 Å². The number of carbonyl (C=O) groups excluding carboxylic acids is 1. The minimum Gasteiger partial charge on any atom is -0.481 e. The van der Waals surface area contributed by atoms with Crippen molar-refractivity contribution in [3.8, 4) is 0 Å². The van der Waals surface area contributed by atoms with Gasteiger partial charge in [0.2, 0.25) is 5.91 Å². The van der Waals surface area contributed by atoms with E-state index in [2.05, 4.69) is 12.2 Å². The molecule has 0 aromatic heterocycles. The second kappa shape index (κ2) is 7.28. The van der Waals surface area contributed by atoms with Gasteiger partial charge in [-0.25, -0.2) is 0 Å². The molecule has 2 rings (SSSR count). The van der Waals surface area contributed by atoms with Gasteiger partial charge in [-0.05, 0) is 42.9 Å². The normalized spacial score (nSPS) is 28.2. The van der Waals surface area contributed by atoms with Crippen molar-refractivity contribution >= 4 is 11.9 Å². The highest BCUT2D eigenvalue weighted by Gasteiger charge is 2.36. The maximum Gasteiger partial charge on any atom is 0.303 e. The predicted octanol–water partition coefficient (Wildman–Crippen LogP) is 3.35. The Labute approximate surface area is 127 Å². The average molecular weight is 295 g/mol. The summed E-state index contributed by atoms with van der Waals surface area (Å²) < 4.78 is 0. The smallest absolute Gasteiger partial charge is 0.303 e. The van der Waals surface area contributed by atoms with E-state index in [0.717, 1.165) is 38.1 Å². The van der Waals surface area contributed by atoms with Gasteiger partial charge in [-0.15, -0.1) is 0 Å². The van der Waals surface area contributed by atoms with Crippen LogP contribution in [0.25, 0.3) is 0 Å². The highest BCUT2D eigenvalue weighted by Crippen LogP contribution is 2.42. The zero-order valence-electron chi connectivity index (χ0n) is 13.2. The second-order valence-electron chi connectivity index (χ2n) is 7.40. The molecule has 0 radical (unpaired) electrons. The van der Waals surface area contributed by atoms with Gasteiger partial charge in [0.05, 0.1) is 6.42 Å². The number of carboxylic acids is 1. The van der Waals surface area contributed by atoms with Gasteiger partial charge >= 0.3 is 5.97 Å². The van der Waals surface area contributed by atoms with Crippen molar-refractivity contribution in [2.75, 3.05) is 6.54 Å². The highest BCUT2D eigenvalue weighted by molar-refractivity contribution is 5.78. The van der Waals surface area contributed by atoms with E-state index in [1.165, 1.54) is 25.7 Å². The zero-order valence-corrected chi connectivity index (χ0v) is 13.2. The fourth-order valence-corrected chi connectivity index (χ4v) is 4.21. The van der Waals surface area contributed by atoms with E-state index >= 15 is 0 Å². The van der Waals surface area contributed by atoms with Crippen LogP contribution >= 0.6 is 0 Å². The number of aliphatic carboxylic acids is 1. The van der Waals surface area contributed by atoms with Gasteiger partial charge in [0, 0.05) is 13.0 Å². The first kappa shape index (κ1) is 16.3. The van der Waals surface area contributed by atoms with Crippen molar-refractivity contribution in [1.82, 2.24) is 5.32 Å². The molecular weight excluding hydrogens is 266 g/mol. The van der Waals surface area contributed by atoms with E-state index in [1.54, 1.807) is 0 Å². The molecule has 0 spiro atoms. The number of carboxylic acid groups (broad SMARTS) is 1. The van der Waals surface area contributed by atoms with Gasteiger partial charge in [-0.1, -0.05) is 32.6 Å². The molecule has 0 saturated heterocycles. The summed E-state index contributed by atoms with van der Waals surface area (Å²) in [4.78, 5) is 23.4. The van der Waals surface area contributed by atoms with Crippen molar-refractivity contribution in [1.29, 1.82) is 0 Å². The molecule has 2 aliphatic rings. The van der Waals surface area contributed by atoms with Crippen molar-refractivity contribution in [3.63, 3.8) is 0 Å². The maximum absolute atomic E-state index is 12.2. The molecule has 0 heterocycles. The molecule has 2 saturated carbocycles. The zero-order chi connectivity index (χ0) is 15.3. The molecule has 120 valence electrons. The van der Waals surface area contributed by atoms with Gasteiger partial charge in [-0.2, -0.15) is 0 Å². The van der Waals surface area contributed by atoms with E-state index in [0.29, 0.717) is 12.3 Å². The Hall–Kier alpha value is -1.06. The second-order valence-corrected chi connectivity index (χ2v) is 7.40. The molecule has 0 aromatic carbocycles. The summed E-state index contributed by atoms with van der Waals surface area (Å²) in [6, 6.07) is 0. The fourth-order valence-electron chi connectivity index (χ4n) is 4.21. The van der Waals surface area contributed by atoms with Crippen molar-refractivity contribution in [2.45, 2.75) is 71.1 Å². The van der Waals surface area contributed by atoms with Gasteiger partial charge in [0.1, 0.15) is 0 Å². The largest absolute Gasteiger partial charge is 0.481 e. The van der Waals surface area contributed by atoms with Crippen molar-refractivity contribution in [2.24, 2.45) is 17.3 Å². The van der Waals surface area contributed by atoms with E-state index in [1.807, 2.05) is 0 Å². The Balaban J connectivity index is 1.81. The standard InChI is InChI=1S/C17H29NO3/c1-13-5-6-14(9-13)12-18-15(19)10-17(11-16(20)21)7-3-2-4-8-17/h13-14H,2-12H2,1H3,(H,18,19)(H,20,21). The highest BCUT2D eigenvalue weighted by atomic mass is 16.4. The molecule has 2 aliphatic carbocycles. The molecule has 2 atom stereocenters. The first-order chi connectivity index (χ1) is 9.99. The Morgan fingerprint density at radius 3 is 2.43 bits per heavy atom. The number of nitrogens with one attached hydrogen (secondary N) is 1. The van der Waals surface area contributed by atoms with Crippen LogP contribution in [0.3, 0.4) is 0 Å². The number of hydrogen-bond acceptors (Lipinski definition) is 2. The van der Waals surface area contributed by atoms with Crippen LogP contribution in [-0.4, -0.2) is 23.5 Å². The lowest BCUT2D eigenvalue weighted by atomic mass is 9.69. The van der Waals surface area contributed by atoms with Crippen LogP contribution in [0.5, 0.6) is 0 Å². The molecule has 0 aliphatic heterocycles. The van der Waals surface area contributed by atoms with Crippen molar-refractivity contribution < 1.29 is 14.7 Å². The van der Waals surface area contributed by atoms with Gasteiger partial charge in [-0.3, -0.25) is 9.59 Å². The quantitative estimate of drug-likeness (QED) is 0.789. The summed E-state index contributed by atoms with van der Waals surface area (Å²) in [6.07, 6.45) is 9.26. The number of rotatable bonds is 6.